The molecule has 0 aliphatic carbocycles. The Bertz CT molecular complexity index is 1740. The van der Waals surface area contributed by atoms with Gasteiger partial charge < -0.3 is 18.6 Å². The van der Waals surface area contributed by atoms with Gasteiger partial charge in [0.15, 0.2) is 0 Å². The van der Waals surface area contributed by atoms with E-state index in [1.54, 1.807) is 77.2 Å². The molecule has 4 heterocycles. The van der Waals surface area contributed by atoms with Gasteiger partial charge in [0, 0.05) is 54.7 Å². The predicted octanol–water partition coefficient (Wildman–Crippen LogP) is 5.60. The Morgan fingerprint density at radius 1 is 1.10 bits per heavy atom. The summed E-state index contributed by atoms with van der Waals surface area (Å²) < 4.78 is 60.6. The first-order valence-corrected chi connectivity index (χ1v) is 12.7. The van der Waals surface area contributed by atoms with Crippen molar-refractivity contribution in [2.75, 3.05) is 18.1 Å². The first-order chi connectivity index (χ1) is 19.9. The maximum Gasteiger partial charge on any atom is 0.414 e. The molecule has 9 nitrogen and oxygen atoms in total. The van der Waals surface area contributed by atoms with Gasteiger partial charge in [-0.25, -0.2) is 14.2 Å². The summed E-state index contributed by atoms with van der Waals surface area (Å²) in [4.78, 5) is 18.1. The van der Waals surface area contributed by atoms with E-state index in [1.807, 2.05) is 0 Å². The number of amides is 1. The maximum absolute atomic E-state index is 15.2. The van der Waals surface area contributed by atoms with E-state index in [2.05, 4.69) is 10.1 Å². The number of aromatic nitrogens is 4. The molecule has 1 amide bonds. The summed E-state index contributed by atoms with van der Waals surface area (Å²) in [6.07, 6.45) is 4.59. The van der Waals surface area contributed by atoms with Gasteiger partial charge in [-0.2, -0.15) is 13.9 Å². The quantitative estimate of drug-likeness (QED) is 0.232. The molecule has 5 aromatic rings. The average Bonchev–Trinajstić information content (AvgIpc) is 3.66. The molecular formula is C29H24F3N5O4. The van der Waals surface area contributed by atoms with Crippen LogP contribution in [0.1, 0.15) is 17.0 Å². The molecule has 1 saturated heterocycles. The van der Waals surface area contributed by atoms with Gasteiger partial charge in [0.2, 0.25) is 0 Å². The van der Waals surface area contributed by atoms with Gasteiger partial charge in [0.1, 0.15) is 41.9 Å². The third-order valence-corrected chi connectivity index (χ3v) is 6.72. The van der Waals surface area contributed by atoms with Crippen molar-refractivity contribution in [3.8, 4) is 22.6 Å². The van der Waals surface area contributed by atoms with Crippen molar-refractivity contribution >= 4 is 17.4 Å². The molecule has 0 atom stereocenters. The van der Waals surface area contributed by atoms with E-state index in [1.165, 1.54) is 17.0 Å². The number of para-hydroxylation sites is 1. The van der Waals surface area contributed by atoms with Crippen LogP contribution in [0.2, 0.25) is 0 Å². The Morgan fingerprint density at radius 2 is 1.95 bits per heavy atom. The first kappa shape index (κ1) is 26.2. The largest absolute Gasteiger partial charge is 0.487 e. The standard InChI is InChI=1S/C29H24F3N5O4/c1-35-15-19(14-33-35)22-16-37-25(11-18-5-2-3-8-26(18)41-28(31)32)24(34-27(37)13-23(22)30)17-40-21-7-4-6-20(12-21)36-9-10-39-29(36)38/h2-8,12-16,28H,9-11,17H2,1H3. The minimum atomic E-state index is -2.99. The normalized spacial score (nSPS) is 13.3. The first-order valence-electron chi connectivity index (χ1n) is 12.7. The van der Waals surface area contributed by atoms with Gasteiger partial charge in [-0.05, 0) is 18.2 Å². The van der Waals surface area contributed by atoms with Crippen molar-refractivity contribution < 1.29 is 32.2 Å². The molecule has 0 bridgehead atoms. The summed E-state index contributed by atoms with van der Waals surface area (Å²) in [6.45, 7) is -2.26. The minimum absolute atomic E-state index is 0.00731. The molecule has 12 heteroatoms. The molecule has 0 spiro atoms. The summed E-state index contributed by atoms with van der Waals surface area (Å²) >= 11 is 0. The number of anilines is 1. The monoisotopic (exact) mass is 563 g/mol. The van der Waals surface area contributed by atoms with Crippen molar-refractivity contribution in [1.29, 1.82) is 0 Å². The molecular weight excluding hydrogens is 539 g/mol. The van der Waals surface area contributed by atoms with Crippen molar-refractivity contribution in [1.82, 2.24) is 19.2 Å². The Kier molecular flexibility index (Phi) is 6.96. The van der Waals surface area contributed by atoms with Crippen molar-refractivity contribution in [2.24, 2.45) is 7.05 Å². The van der Waals surface area contributed by atoms with Gasteiger partial charge >= 0.3 is 12.7 Å². The molecule has 2 aromatic carbocycles. The van der Waals surface area contributed by atoms with Crippen LogP contribution in [-0.2, 0) is 24.8 Å². The van der Waals surface area contributed by atoms with E-state index in [0.717, 1.165) is 0 Å². The predicted molar refractivity (Wildman–Crippen MR) is 143 cm³/mol. The maximum atomic E-state index is 15.2. The van der Waals surface area contributed by atoms with E-state index in [9.17, 15) is 13.6 Å². The van der Waals surface area contributed by atoms with Gasteiger partial charge in [0.25, 0.3) is 0 Å². The fourth-order valence-corrected chi connectivity index (χ4v) is 4.80. The van der Waals surface area contributed by atoms with Gasteiger partial charge in [-0.15, -0.1) is 0 Å². The molecule has 0 saturated carbocycles. The highest BCUT2D eigenvalue weighted by atomic mass is 19.3. The highest BCUT2D eigenvalue weighted by molar-refractivity contribution is 5.89. The van der Waals surface area contributed by atoms with Gasteiger partial charge in [-0.1, -0.05) is 24.3 Å². The lowest BCUT2D eigenvalue weighted by Gasteiger charge is -2.14. The summed E-state index contributed by atoms with van der Waals surface area (Å²) in [7, 11) is 1.74. The van der Waals surface area contributed by atoms with Crippen molar-refractivity contribution in [2.45, 2.75) is 19.6 Å². The lowest BCUT2D eigenvalue weighted by atomic mass is 10.1. The zero-order valence-electron chi connectivity index (χ0n) is 21.8. The number of nitrogens with zero attached hydrogens (tertiary/aromatic N) is 5. The molecule has 41 heavy (non-hydrogen) atoms. The Labute approximate surface area is 232 Å². The molecule has 0 radical (unpaired) electrons. The highest BCUT2D eigenvalue weighted by Crippen LogP contribution is 2.30. The summed E-state index contributed by atoms with van der Waals surface area (Å²) in [5.74, 6) is 0.0270. The van der Waals surface area contributed by atoms with Crippen LogP contribution in [0.25, 0.3) is 16.8 Å². The highest BCUT2D eigenvalue weighted by Gasteiger charge is 2.24. The minimum Gasteiger partial charge on any atom is -0.487 e. The van der Waals surface area contributed by atoms with E-state index in [-0.39, 0.29) is 18.8 Å². The number of cyclic esters (lactones) is 1. The molecule has 1 aliphatic rings. The lowest BCUT2D eigenvalue weighted by Crippen LogP contribution is -2.23. The zero-order valence-corrected chi connectivity index (χ0v) is 21.8. The number of imidazole rings is 1. The van der Waals surface area contributed by atoms with Crippen LogP contribution in [0.3, 0.4) is 0 Å². The number of fused-ring (bicyclic) bond motifs is 1. The Morgan fingerprint density at radius 3 is 2.71 bits per heavy atom. The number of aryl methyl sites for hydroxylation is 1. The molecule has 210 valence electrons. The lowest BCUT2D eigenvalue weighted by molar-refractivity contribution is -0.0504. The second-order valence-corrected chi connectivity index (χ2v) is 9.39. The molecule has 6 rings (SSSR count). The number of alkyl halides is 2. The summed E-state index contributed by atoms with van der Waals surface area (Å²) in [5, 5.41) is 4.14. The van der Waals surface area contributed by atoms with Crippen LogP contribution >= 0.6 is 0 Å². The van der Waals surface area contributed by atoms with E-state index < -0.39 is 18.5 Å². The molecule has 1 aliphatic heterocycles. The third-order valence-electron chi connectivity index (χ3n) is 6.72. The van der Waals surface area contributed by atoms with Gasteiger partial charge in [-0.3, -0.25) is 9.58 Å². The van der Waals surface area contributed by atoms with Crippen LogP contribution in [-0.4, -0.2) is 45.0 Å². The summed E-state index contributed by atoms with van der Waals surface area (Å²) in [5.41, 5.74) is 3.41. The molecule has 3 aromatic heterocycles. The zero-order chi connectivity index (χ0) is 28.5. The molecule has 1 fully saturated rings. The number of benzene rings is 2. The van der Waals surface area contributed by atoms with E-state index in [0.29, 0.717) is 58.3 Å². The Balaban J connectivity index is 1.38. The SMILES string of the molecule is Cn1cc(-c2cn3c(Cc4ccccc4OC(F)F)c(COc4cccc(N5CCOC5=O)c4)nc3cc2F)cn1. The van der Waals surface area contributed by atoms with E-state index >= 15 is 4.39 Å². The van der Waals surface area contributed by atoms with Crippen LogP contribution in [0, 0.1) is 5.82 Å². The number of hydrogen-bond acceptors (Lipinski definition) is 6. The Hall–Kier alpha value is -5.00. The summed E-state index contributed by atoms with van der Waals surface area (Å²) in [6, 6.07) is 14.8. The fraction of sp³-hybridized carbons (Fsp3) is 0.207. The van der Waals surface area contributed by atoms with Gasteiger partial charge in [0.05, 0.1) is 24.1 Å². The third kappa shape index (κ3) is 5.40. The topological polar surface area (TPSA) is 83.1 Å². The number of halogens is 3. The van der Waals surface area contributed by atoms with E-state index in [4.69, 9.17) is 14.2 Å². The number of pyridine rings is 1. The van der Waals surface area contributed by atoms with Crippen LogP contribution < -0.4 is 14.4 Å². The van der Waals surface area contributed by atoms with Crippen molar-refractivity contribution in [3.05, 3.63) is 96.0 Å². The van der Waals surface area contributed by atoms with Crippen LogP contribution in [0.5, 0.6) is 11.5 Å². The number of rotatable bonds is 9. The average molecular weight is 564 g/mol. The van der Waals surface area contributed by atoms with Crippen LogP contribution in [0.4, 0.5) is 23.7 Å². The van der Waals surface area contributed by atoms with Crippen molar-refractivity contribution in [3.63, 3.8) is 0 Å². The number of ether oxygens (including phenoxy) is 3. The molecule has 0 unspecified atom stereocenters. The second-order valence-electron chi connectivity index (χ2n) is 9.39. The smallest absolute Gasteiger partial charge is 0.414 e. The van der Waals surface area contributed by atoms with Crippen LogP contribution in [0.15, 0.2) is 73.2 Å². The fourth-order valence-electron chi connectivity index (χ4n) is 4.80. The number of carbonyl (C=O) groups excluding carboxylic acids is 1. The number of hydrogen-bond donors (Lipinski definition) is 0. The number of carbonyl (C=O) groups is 1. The second kappa shape index (κ2) is 10.9. The molecule has 0 N–H and O–H groups in total.